The SMILES string of the molecule is C[C@H](NC(=O)C1(O)CCC(N)CC1)c1ccccc1. The lowest BCUT2D eigenvalue weighted by atomic mass is 9.81. The molecule has 1 aliphatic carbocycles. The monoisotopic (exact) mass is 262 g/mol. The van der Waals surface area contributed by atoms with Crippen LogP contribution in [0.1, 0.15) is 44.2 Å². The minimum atomic E-state index is -1.25. The average molecular weight is 262 g/mol. The smallest absolute Gasteiger partial charge is 0.252 e. The van der Waals surface area contributed by atoms with Gasteiger partial charge in [0.1, 0.15) is 5.60 Å². The summed E-state index contributed by atoms with van der Waals surface area (Å²) in [7, 11) is 0. The molecule has 0 aliphatic heterocycles. The lowest BCUT2D eigenvalue weighted by molar-refractivity contribution is -0.144. The van der Waals surface area contributed by atoms with Gasteiger partial charge in [-0.05, 0) is 38.2 Å². The van der Waals surface area contributed by atoms with E-state index in [1.54, 1.807) is 0 Å². The predicted octanol–water partition coefficient (Wildman–Crippen LogP) is 1.50. The van der Waals surface area contributed by atoms with E-state index in [0.29, 0.717) is 25.7 Å². The van der Waals surface area contributed by atoms with Gasteiger partial charge in [0, 0.05) is 6.04 Å². The fourth-order valence-corrected chi connectivity index (χ4v) is 2.50. The van der Waals surface area contributed by atoms with E-state index < -0.39 is 5.60 Å². The van der Waals surface area contributed by atoms with Crippen molar-refractivity contribution < 1.29 is 9.90 Å². The maximum Gasteiger partial charge on any atom is 0.252 e. The van der Waals surface area contributed by atoms with Gasteiger partial charge in [-0.2, -0.15) is 0 Å². The van der Waals surface area contributed by atoms with Crippen LogP contribution in [0.15, 0.2) is 30.3 Å². The predicted molar refractivity (Wildman–Crippen MR) is 74.4 cm³/mol. The molecule has 1 amide bonds. The van der Waals surface area contributed by atoms with E-state index in [4.69, 9.17) is 5.73 Å². The van der Waals surface area contributed by atoms with Crippen LogP contribution in [-0.4, -0.2) is 22.7 Å². The van der Waals surface area contributed by atoms with Gasteiger partial charge in [0.05, 0.1) is 6.04 Å². The molecule has 1 aromatic rings. The second-order valence-electron chi connectivity index (χ2n) is 5.47. The highest BCUT2D eigenvalue weighted by Crippen LogP contribution is 2.28. The molecule has 2 rings (SSSR count). The summed E-state index contributed by atoms with van der Waals surface area (Å²) in [6.07, 6.45) is 2.29. The highest BCUT2D eigenvalue weighted by Gasteiger charge is 2.39. The van der Waals surface area contributed by atoms with E-state index in [9.17, 15) is 9.90 Å². The number of amides is 1. The lowest BCUT2D eigenvalue weighted by Crippen LogP contribution is -2.51. The zero-order chi connectivity index (χ0) is 13.9. The number of carbonyl (C=O) groups excluding carboxylic acids is 1. The third-order valence-corrected chi connectivity index (χ3v) is 3.93. The number of nitrogens with two attached hydrogens (primary N) is 1. The van der Waals surface area contributed by atoms with E-state index in [0.717, 1.165) is 5.56 Å². The molecule has 0 heterocycles. The number of hydrogen-bond donors (Lipinski definition) is 3. The molecule has 0 unspecified atom stereocenters. The normalized spacial score (nSPS) is 28.7. The number of nitrogens with one attached hydrogen (secondary N) is 1. The summed E-state index contributed by atoms with van der Waals surface area (Å²) in [5.74, 6) is -0.282. The number of hydrogen-bond acceptors (Lipinski definition) is 3. The fraction of sp³-hybridized carbons (Fsp3) is 0.533. The molecule has 1 fully saturated rings. The lowest BCUT2D eigenvalue weighted by Gasteiger charge is -2.34. The van der Waals surface area contributed by atoms with Gasteiger partial charge in [-0.1, -0.05) is 30.3 Å². The Bertz CT molecular complexity index is 425. The second-order valence-corrected chi connectivity index (χ2v) is 5.47. The molecule has 1 aliphatic rings. The molecular weight excluding hydrogens is 240 g/mol. The Morgan fingerprint density at radius 2 is 1.95 bits per heavy atom. The molecule has 0 radical (unpaired) electrons. The van der Waals surface area contributed by atoms with Crippen LogP contribution in [0, 0.1) is 0 Å². The van der Waals surface area contributed by atoms with Crippen LogP contribution >= 0.6 is 0 Å². The van der Waals surface area contributed by atoms with Gasteiger partial charge >= 0.3 is 0 Å². The molecule has 4 nitrogen and oxygen atoms in total. The first-order valence-electron chi connectivity index (χ1n) is 6.85. The van der Waals surface area contributed by atoms with Crippen molar-refractivity contribution >= 4 is 5.91 Å². The van der Waals surface area contributed by atoms with E-state index in [1.165, 1.54) is 0 Å². The fourth-order valence-electron chi connectivity index (χ4n) is 2.50. The van der Waals surface area contributed by atoms with Crippen LogP contribution in [-0.2, 0) is 4.79 Å². The Morgan fingerprint density at radius 3 is 2.53 bits per heavy atom. The van der Waals surface area contributed by atoms with Crippen molar-refractivity contribution in [2.24, 2.45) is 5.73 Å². The molecule has 4 N–H and O–H groups in total. The Balaban J connectivity index is 1.97. The zero-order valence-electron chi connectivity index (χ0n) is 11.3. The van der Waals surface area contributed by atoms with E-state index >= 15 is 0 Å². The molecule has 19 heavy (non-hydrogen) atoms. The summed E-state index contributed by atoms with van der Waals surface area (Å²) in [4.78, 5) is 12.2. The van der Waals surface area contributed by atoms with Gasteiger partial charge in [-0.3, -0.25) is 4.79 Å². The van der Waals surface area contributed by atoms with Crippen molar-refractivity contribution in [3.8, 4) is 0 Å². The summed E-state index contributed by atoms with van der Waals surface area (Å²) in [6, 6.07) is 9.75. The summed E-state index contributed by atoms with van der Waals surface area (Å²) >= 11 is 0. The largest absolute Gasteiger partial charge is 0.380 e. The second kappa shape index (κ2) is 5.72. The third-order valence-electron chi connectivity index (χ3n) is 3.93. The van der Waals surface area contributed by atoms with Crippen molar-refractivity contribution in [2.75, 3.05) is 0 Å². The summed E-state index contributed by atoms with van der Waals surface area (Å²) < 4.78 is 0. The Kier molecular flexibility index (Phi) is 4.22. The van der Waals surface area contributed by atoms with E-state index in [1.807, 2.05) is 37.3 Å². The van der Waals surface area contributed by atoms with Crippen molar-refractivity contribution in [1.82, 2.24) is 5.32 Å². The first-order chi connectivity index (χ1) is 9.01. The van der Waals surface area contributed by atoms with Crippen LogP contribution in [0.25, 0.3) is 0 Å². The third kappa shape index (κ3) is 3.33. The van der Waals surface area contributed by atoms with Gasteiger partial charge in [0.25, 0.3) is 5.91 Å². The Labute approximate surface area is 114 Å². The zero-order valence-corrected chi connectivity index (χ0v) is 11.3. The van der Waals surface area contributed by atoms with Crippen LogP contribution in [0.4, 0.5) is 0 Å². The molecule has 4 heteroatoms. The van der Waals surface area contributed by atoms with E-state index in [2.05, 4.69) is 5.32 Å². The molecule has 0 saturated heterocycles. The van der Waals surface area contributed by atoms with Gasteiger partial charge in [0.15, 0.2) is 0 Å². The van der Waals surface area contributed by atoms with Gasteiger partial charge in [-0.25, -0.2) is 0 Å². The molecular formula is C15H22N2O2. The molecule has 1 aromatic carbocycles. The molecule has 0 bridgehead atoms. The molecule has 1 saturated carbocycles. The minimum Gasteiger partial charge on any atom is -0.380 e. The Morgan fingerprint density at radius 1 is 1.37 bits per heavy atom. The van der Waals surface area contributed by atoms with Crippen molar-refractivity contribution in [2.45, 2.75) is 50.3 Å². The van der Waals surface area contributed by atoms with Crippen molar-refractivity contribution in [3.63, 3.8) is 0 Å². The summed E-state index contributed by atoms with van der Waals surface area (Å²) in [5.41, 5.74) is 5.59. The maximum atomic E-state index is 12.2. The highest BCUT2D eigenvalue weighted by molar-refractivity contribution is 5.85. The quantitative estimate of drug-likeness (QED) is 0.772. The number of carbonyl (C=O) groups is 1. The van der Waals surface area contributed by atoms with Crippen LogP contribution in [0.2, 0.25) is 0 Å². The molecule has 1 atom stereocenters. The molecule has 0 aromatic heterocycles. The molecule has 0 spiro atoms. The van der Waals surface area contributed by atoms with Crippen molar-refractivity contribution in [1.29, 1.82) is 0 Å². The van der Waals surface area contributed by atoms with Gasteiger partial charge in [-0.15, -0.1) is 0 Å². The first-order valence-corrected chi connectivity index (χ1v) is 6.85. The molecule has 104 valence electrons. The number of aliphatic hydroxyl groups is 1. The van der Waals surface area contributed by atoms with E-state index in [-0.39, 0.29) is 18.0 Å². The highest BCUT2D eigenvalue weighted by atomic mass is 16.3. The van der Waals surface area contributed by atoms with Crippen molar-refractivity contribution in [3.05, 3.63) is 35.9 Å². The Hall–Kier alpha value is -1.39. The van der Waals surface area contributed by atoms with Crippen LogP contribution < -0.4 is 11.1 Å². The maximum absolute atomic E-state index is 12.2. The first kappa shape index (κ1) is 14.0. The van der Waals surface area contributed by atoms with Crippen LogP contribution in [0.5, 0.6) is 0 Å². The van der Waals surface area contributed by atoms with Gasteiger partial charge < -0.3 is 16.2 Å². The van der Waals surface area contributed by atoms with Crippen LogP contribution in [0.3, 0.4) is 0 Å². The standard InChI is InChI=1S/C15H22N2O2/c1-11(12-5-3-2-4-6-12)17-14(18)15(19)9-7-13(16)8-10-15/h2-6,11,13,19H,7-10,16H2,1H3,(H,17,18)/t11-,13?,15?/m0/s1. The van der Waals surface area contributed by atoms with Gasteiger partial charge in [0.2, 0.25) is 0 Å². The average Bonchev–Trinajstić information content (AvgIpc) is 2.43. The minimum absolute atomic E-state index is 0.103. The number of rotatable bonds is 3. The number of benzene rings is 1. The topological polar surface area (TPSA) is 75.3 Å². The summed E-state index contributed by atoms with van der Waals surface area (Å²) in [6.45, 7) is 1.92. The summed E-state index contributed by atoms with van der Waals surface area (Å²) in [5, 5.41) is 13.3.